The van der Waals surface area contributed by atoms with Crippen molar-refractivity contribution in [3.05, 3.63) is 12.4 Å². The van der Waals surface area contributed by atoms with Gasteiger partial charge in [-0.15, -0.1) is 0 Å². The van der Waals surface area contributed by atoms with Crippen LogP contribution in [0.2, 0.25) is 0 Å². The molecular formula is C10H18N4O2S. The average molecular weight is 258 g/mol. The second kappa shape index (κ2) is 4.75. The highest BCUT2D eigenvalue weighted by Crippen LogP contribution is 2.25. The van der Waals surface area contributed by atoms with Crippen LogP contribution in [0.5, 0.6) is 0 Å². The van der Waals surface area contributed by atoms with E-state index >= 15 is 0 Å². The van der Waals surface area contributed by atoms with Gasteiger partial charge in [0.05, 0.1) is 6.20 Å². The first kappa shape index (κ1) is 12.5. The van der Waals surface area contributed by atoms with Gasteiger partial charge in [-0.1, -0.05) is 19.3 Å². The Kier molecular flexibility index (Phi) is 3.50. The van der Waals surface area contributed by atoms with E-state index in [-0.39, 0.29) is 4.90 Å². The summed E-state index contributed by atoms with van der Waals surface area (Å²) in [5, 5.41) is 6.11. The number of hydrogen-bond acceptors (Lipinski definition) is 4. The molecule has 1 aromatic heterocycles. The van der Waals surface area contributed by atoms with Crippen LogP contribution in [-0.2, 0) is 10.0 Å². The summed E-state index contributed by atoms with van der Waals surface area (Å²) in [6.45, 7) is 0.292. The number of aromatic amines is 1. The summed E-state index contributed by atoms with van der Waals surface area (Å²) in [5.74, 6) is 0. The highest BCUT2D eigenvalue weighted by atomic mass is 32.2. The first-order chi connectivity index (χ1) is 8.02. The second-order valence-electron chi connectivity index (χ2n) is 4.68. The summed E-state index contributed by atoms with van der Waals surface area (Å²) < 4.78 is 26.3. The molecule has 1 fully saturated rings. The summed E-state index contributed by atoms with van der Waals surface area (Å²) >= 11 is 0. The van der Waals surface area contributed by atoms with Gasteiger partial charge in [-0.3, -0.25) is 5.10 Å². The molecule has 1 aromatic rings. The van der Waals surface area contributed by atoms with Gasteiger partial charge < -0.3 is 5.73 Å². The molecule has 0 aliphatic heterocycles. The predicted octanol–water partition coefficient (Wildman–Crippen LogP) is 0.350. The van der Waals surface area contributed by atoms with Gasteiger partial charge in [0.15, 0.2) is 0 Å². The molecule has 0 saturated heterocycles. The summed E-state index contributed by atoms with van der Waals surface area (Å²) in [6.07, 6.45) is 7.72. The Morgan fingerprint density at radius 2 is 2.12 bits per heavy atom. The highest BCUT2D eigenvalue weighted by Gasteiger charge is 2.29. The molecule has 6 nitrogen and oxygen atoms in total. The summed E-state index contributed by atoms with van der Waals surface area (Å²) in [5.41, 5.74) is 5.78. The molecule has 96 valence electrons. The van der Waals surface area contributed by atoms with Gasteiger partial charge in [0.2, 0.25) is 10.0 Å². The molecule has 4 N–H and O–H groups in total. The third kappa shape index (κ3) is 3.05. The summed E-state index contributed by atoms with van der Waals surface area (Å²) in [7, 11) is -3.48. The topological polar surface area (TPSA) is 101 Å². The molecule has 0 spiro atoms. The number of aromatic nitrogens is 2. The Balaban J connectivity index is 1.98. The van der Waals surface area contributed by atoms with Gasteiger partial charge in [-0.05, 0) is 12.8 Å². The van der Waals surface area contributed by atoms with Gasteiger partial charge in [0, 0.05) is 18.3 Å². The van der Waals surface area contributed by atoms with E-state index in [9.17, 15) is 8.42 Å². The van der Waals surface area contributed by atoms with E-state index in [1.165, 1.54) is 18.8 Å². The lowest BCUT2D eigenvalue weighted by Crippen LogP contribution is -2.51. The Hall–Kier alpha value is -0.920. The van der Waals surface area contributed by atoms with Crippen molar-refractivity contribution < 1.29 is 8.42 Å². The van der Waals surface area contributed by atoms with Gasteiger partial charge in [0.1, 0.15) is 4.90 Å². The Morgan fingerprint density at radius 1 is 1.41 bits per heavy atom. The zero-order valence-corrected chi connectivity index (χ0v) is 10.5. The van der Waals surface area contributed by atoms with Crippen molar-refractivity contribution in [2.24, 2.45) is 5.73 Å². The molecular weight excluding hydrogens is 240 g/mol. The standard InChI is InChI=1S/C10H18N4O2S/c11-10(4-2-1-3-5-10)8-14-17(15,16)9-6-12-13-7-9/h6-7,14H,1-5,8,11H2,(H,12,13). The van der Waals surface area contributed by atoms with Crippen molar-refractivity contribution in [2.45, 2.75) is 42.5 Å². The van der Waals surface area contributed by atoms with Crippen molar-refractivity contribution in [3.8, 4) is 0 Å². The van der Waals surface area contributed by atoms with E-state index < -0.39 is 15.6 Å². The fraction of sp³-hybridized carbons (Fsp3) is 0.700. The van der Waals surface area contributed by atoms with Crippen LogP contribution in [-0.4, -0.2) is 30.7 Å². The molecule has 1 saturated carbocycles. The lowest BCUT2D eigenvalue weighted by Gasteiger charge is -2.33. The molecule has 17 heavy (non-hydrogen) atoms. The maximum atomic E-state index is 11.9. The normalized spacial score (nSPS) is 20.3. The monoisotopic (exact) mass is 258 g/mol. The zero-order valence-electron chi connectivity index (χ0n) is 9.65. The second-order valence-corrected chi connectivity index (χ2v) is 6.45. The van der Waals surface area contributed by atoms with E-state index in [1.54, 1.807) is 0 Å². The van der Waals surface area contributed by atoms with Crippen molar-refractivity contribution >= 4 is 10.0 Å². The first-order valence-electron chi connectivity index (χ1n) is 5.79. The van der Waals surface area contributed by atoms with Crippen LogP contribution in [0.15, 0.2) is 17.3 Å². The number of nitrogens with zero attached hydrogens (tertiary/aromatic N) is 1. The van der Waals surface area contributed by atoms with Crippen molar-refractivity contribution in [2.75, 3.05) is 6.54 Å². The van der Waals surface area contributed by atoms with E-state index in [4.69, 9.17) is 5.73 Å². The molecule has 0 radical (unpaired) electrons. The molecule has 0 unspecified atom stereocenters. The molecule has 1 heterocycles. The molecule has 1 aliphatic carbocycles. The number of hydrogen-bond donors (Lipinski definition) is 3. The quantitative estimate of drug-likeness (QED) is 0.725. The fourth-order valence-electron chi connectivity index (χ4n) is 2.14. The van der Waals surface area contributed by atoms with Crippen molar-refractivity contribution in [1.82, 2.24) is 14.9 Å². The minimum atomic E-state index is -3.48. The Labute approximate surface area is 101 Å². The molecule has 7 heteroatoms. The number of nitrogens with two attached hydrogens (primary N) is 1. The maximum absolute atomic E-state index is 11.9. The minimum absolute atomic E-state index is 0.150. The fourth-order valence-corrected chi connectivity index (χ4v) is 3.18. The van der Waals surface area contributed by atoms with Gasteiger partial charge in [-0.25, -0.2) is 13.1 Å². The van der Waals surface area contributed by atoms with Crippen molar-refractivity contribution in [1.29, 1.82) is 0 Å². The molecule has 0 aromatic carbocycles. The van der Waals surface area contributed by atoms with Crippen LogP contribution in [0.1, 0.15) is 32.1 Å². The third-order valence-corrected chi connectivity index (χ3v) is 4.62. The summed E-state index contributed by atoms with van der Waals surface area (Å²) in [6, 6.07) is 0. The molecule has 1 aliphatic rings. The largest absolute Gasteiger partial charge is 0.324 e. The van der Waals surface area contributed by atoms with E-state index in [2.05, 4.69) is 14.9 Å². The van der Waals surface area contributed by atoms with Crippen LogP contribution < -0.4 is 10.5 Å². The smallest absolute Gasteiger partial charge is 0.243 e. The summed E-state index contributed by atoms with van der Waals surface area (Å²) in [4.78, 5) is 0.150. The van der Waals surface area contributed by atoms with Crippen LogP contribution in [0.25, 0.3) is 0 Å². The predicted molar refractivity (Wildman–Crippen MR) is 63.8 cm³/mol. The number of H-pyrrole nitrogens is 1. The third-order valence-electron chi connectivity index (χ3n) is 3.25. The van der Waals surface area contributed by atoms with Crippen molar-refractivity contribution in [3.63, 3.8) is 0 Å². The van der Waals surface area contributed by atoms with Gasteiger partial charge >= 0.3 is 0 Å². The van der Waals surface area contributed by atoms with Crippen LogP contribution in [0.3, 0.4) is 0 Å². The average Bonchev–Trinajstić information content (AvgIpc) is 2.82. The molecule has 0 bridgehead atoms. The number of sulfonamides is 1. The SMILES string of the molecule is NC1(CNS(=O)(=O)c2cn[nH]c2)CCCCC1. The van der Waals surface area contributed by atoms with E-state index in [1.807, 2.05) is 0 Å². The Bertz CT molecular complexity index is 449. The first-order valence-corrected chi connectivity index (χ1v) is 7.28. The minimum Gasteiger partial charge on any atom is -0.324 e. The number of nitrogens with one attached hydrogen (secondary N) is 2. The molecule has 0 atom stereocenters. The molecule has 0 amide bonds. The van der Waals surface area contributed by atoms with E-state index in [0.29, 0.717) is 6.54 Å². The van der Waals surface area contributed by atoms with Crippen LogP contribution in [0, 0.1) is 0 Å². The highest BCUT2D eigenvalue weighted by molar-refractivity contribution is 7.89. The lowest BCUT2D eigenvalue weighted by atomic mass is 9.83. The van der Waals surface area contributed by atoms with Gasteiger partial charge in [0.25, 0.3) is 0 Å². The molecule has 2 rings (SSSR count). The van der Waals surface area contributed by atoms with E-state index in [0.717, 1.165) is 25.7 Å². The van der Waals surface area contributed by atoms with Crippen LogP contribution >= 0.6 is 0 Å². The zero-order chi connectivity index (χ0) is 12.4. The van der Waals surface area contributed by atoms with Crippen LogP contribution in [0.4, 0.5) is 0 Å². The van der Waals surface area contributed by atoms with Gasteiger partial charge in [-0.2, -0.15) is 5.10 Å². The lowest BCUT2D eigenvalue weighted by molar-refractivity contribution is 0.296. The number of rotatable bonds is 4. The maximum Gasteiger partial charge on any atom is 0.243 e. The Morgan fingerprint density at radius 3 is 2.71 bits per heavy atom.